The van der Waals surface area contributed by atoms with E-state index in [0.717, 1.165) is 25.2 Å². The van der Waals surface area contributed by atoms with Crippen LogP contribution in [0.2, 0.25) is 0 Å². The molecule has 246 valence electrons. The van der Waals surface area contributed by atoms with Crippen molar-refractivity contribution in [2.75, 3.05) is 43.2 Å². The van der Waals surface area contributed by atoms with Crippen LogP contribution in [0.1, 0.15) is 45.6 Å². The van der Waals surface area contributed by atoms with Gasteiger partial charge in [-0.25, -0.2) is 0 Å². The van der Waals surface area contributed by atoms with E-state index in [4.69, 9.17) is 14.7 Å². The lowest BCUT2D eigenvalue weighted by molar-refractivity contribution is -0.137. The van der Waals surface area contributed by atoms with Gasteiger partial charge in [0.15, 0.2) is 0 Å². The van der Waals surface area contributed by atoms with Gasteiger partial charge in [0.2, 0.25) is 0 Å². The SMILES string of the molecule is COc1cc(NC(=O)c2cc(OC3CCN(C)CC3)cc(C(F)(F)F)c2)cc(Nc2ccc3c(c2)NC(=O)C3=Cc2cc(C#N)c[nH]2)c1. The highest BCUT2D eigenvalue weighted by Gasteiger charge is 2.33. The Hall–Kier alpha value is -5.74. The van der Waals surface area contributed by atoms with Crippen LogP contribution >= 0.6 is 0 Å². The van der Waals surface area contributed by atoms with Gasteiger partial charge in [-0.15, -0.1) is 0 Å². The van der Waals surface area contributed by atoms with Crippen LogP contribution in [0.15, 0.2) is 66.9 Å². The molecule has 10 nitrogen and oxygen atoms in total. The average Bonchev–Trinajstić information content (AvgIpc) is 3.64. The van der Waals surface area contributed by atoms with Crippen molar-refractivity contribution < 1.29 is 32.2 Å². The van der Waals surface area contributed by atoms with Gasteiger partial charge in [0.05, 0.1) is 29.5 Å². The molecule has 0 unspecified atom stereocenters. The Bertz CT molecular complexity index is 1950. The summed E-state index contributed by atoms with van der Waals surface area (Å²) in [6.45, 7) is 1.53. The Morgan fingerprint density at radius 3 is 2.50 bits per heavy atom. The van der Waals surface area contributed by atoms with Crippen molar-refractivity contribution in [1.82, 2.24) is 9.88 Å². The van der Waals surface area contributed by atoms with Crippen molar-refractivity contribution in [2.24, 2.45) is 0 Å². The molecule has 2 amide bonds. The minimum Gasteiger partial charge on any atom is -0.497 e. The fourth-order valence-electron chi connectivity index (χ4n) is 5.62. The smallest absolute Gasteiger partial charge is 0.416 e. The van der Waals surface area contributed by atoms with Crippen LogP contribution in [0, 0.1) is 11.3 Å². The van der Waals surface area contributed by atoms with E-state index in [0.29, 0.717) is 58.0 Å². The van der Waals surface area contributed by atoms with Crippen LogP contribution in [0.3, 0.4) is 0 Å². The summed E-state index contributed by atoms with van der Waals surface area (Å²) in [6, 6.07) is 16.9. The Balaban J connectivity index is 1.21. The molecule has 0 spiro atoms. The van der Waals surface area contributed by atoms with Gasteiger partial charge in [0.25, 0.3) is 11.8 Å². The molecular weight excluding hydrogens is 625 g/mol. The van der Waals surface area contributed by atoms with Crippen molar-refractivity contribution in [3.8, 4) is 17.6 Å². The van der Waals surface area contributed by atoms with E-state index in [1.807, 2.05) is 13.1 Å². The molecule has 0 bridgehead atoms. The van der Waals surface area contributed by atoms with Crippen molar-refractivity contribution in [2.45, 2.75) is 25.1 Å². The Morgan fingerprint density at radius 1 is 1.02 bits per heavy atom. The molecule has 3 aromatic carbocycles. The molecule has 0 aliphatic carbocycles. The van der Waals surface area contributed by atoms with Crippen LogP contribution in [0.5, 0.6) is 11.5 Å². The zero-order valence-electron chi connectivity index (χ0n) is 26.0. The molecule has 48 heavy (non-hydrogen) atoms. The number of hydrogen-bond acceptors (Lipinski definition) is 7. The summed E-state index contributed by atoms with van der Waals surface area (Å²) in [5.74, 6) is -0.680. The number of methoxy groups -OCH3 is 1. The number of likely N-dealkylation sites (tertiary alicyclic amines) is 1. The van der Waals surface area contributed by atoms with Crippen molar-refractivity contribution in [3.63, 3.8) is 0 Å². The number of amides is 2. The first-order valence-corrected chi connectivity index (χ1v) is 15.1. The van der Waals surface area contributed by atoms with Gasteiger partial charge in [-0.2, -0.15) is 18.4 Å². The highest BCUT2D eigenvalue weighted by Crippen LogP contribution is 2.37. The largest absolute Gasteiger partial charge is 0.497 e. The molecule has 13 heteroatoms. The number of benzene rings is 3. The molecule has 0 saturated carbocycles. The van der Waals surface area contributed by atoms with E-state index in [1.54, 1.807) is 54.7 Å². The van der Waals surface area contributed by atoms with Gasteiger partial charge in [-0.1, -0.05) is 6.07 Å². The predicted octanol–water partition coefficient (Wildman–Crippen LogP) is 6.88. The summed E-state index contributed by atoms with van der Waals surface area (Å²) in [5, 5.41) is 17.8. The Morgan fingerprint density at radius 2 is 1.79 bits per heavy atom. The van der Waals surface area contributed by atoms with Crippen molar-refractivity contribution >= 4 is 46.2 Å². The summed E-state index contributed by atoms with van der Waals surface area (Å²) in [6.07, 6.45) is -0.372. The molecule has 0 atom stereocenters. The molecule has 2 aliphatic heterocycles. The van der Waals surface area contributed by atoms with E-state index < -0.39 is 17.6 Å². The maximum Gasteiger partial charge on any atom is 0.416 e. The first-order chi connectivity index (χ1) is 23.0. The average molecular weight is 657 g/mol. The third-order valence-electron chi connectivity index (χ3n) is 8.09. The number of fused-ring (bicyclic) bond motifs is 1. The lowest BCUT2D eigenvalue weighted by Gasteiger charge is -2.29. The van der Waals surface area contributed by atoms with Crippen LogP contribution in [-0.4, -0.2) is 55.0 Å². The lowest BCUT2D eigenvalue weighted by atomic mass is 10.1. The number of hydrogen-bond donors (Lipinski definition) is 4. The number of nitrogens with one attached hydrogen (secondary N) is 4. The number of piperidine rings is 1. The van der Waals surface area contributed by atoms with E-state index in [9.17, 15) is 22.8 Å². The number of aromatic amines is 1. The second-order valence-electron chi connectivity index (χ2n) is 11.6. The van der Waals surface area contributed by atoms with E-state index >= 15 is 0 Å². The molecule has 1 aromatic heterocycles. The molecule has 0 radical (unpaired) electrons. The number of aromatic nitrogens is 1. The van der Waals surface area contributed by atoms with Crippen LogP contribution in [0.25, 0.3) is 11.6 Å². The Labute approximate surface area is 274 Å². The zero-order valence-corrected chi connectivity index (χ0v) is 26.0. The minimum atomic E-state index is -4.68. The third kappa shape index (κ3) is 7.29. The molecule has 6 rings (SSSR count). The maximum atomic E-state index is 13.8. The fraction of sp³-hybridized carbons (Fsp3) is 0.229. The minimum absolute atomic E-state index is 0.0148. The number of alkyl halides is 3. The third-order valence-corrected chi connectivity index (χ3v) is 8.09. The molecule has 4 N–H and O–H groups in total. The van der Waals surface area contributed by atoms with Gasteiger partial charge in [0, 0.05) is 65.3 Å². The van der Waals surface area contributed by atoms with E-state index in [2.05, 4.69) is 25.8 Å². The van der Waals surface area contributed by atoms with Crippen molar-refractivity contribution in [1.29, 1.82) is 5.26 Å². The second-order valence-corrected chi connectivity index (χ2v) is 11.6. The topological polar surface area (TPSA) is 132 Å². The number of anilines is 4. The monoisotopic (exact) mass is 656 g/mol. The molecular formula is C35H31F3N6O4. The molecule has 1 fully saturated rings. The number of nitriles is 1. The quantitative estimate of drug-likeness (QED) is 0.152. The van der Waals surface area contributed by atoms with Gasteiger partial charge in [0.1, 0.15) is 23.7 Å². The van der Waals surface area contributed by atoms with E-state index in [-0.39, 0.29) is 29.0 Å². The van der Waals surface area contributed by atoms with Crippen LogP contribution in [-0.2, 0) is 11.0 Å². The molecule has 3 heterocycles. The first kappa shape index (κ1) is 32.2. The van der Waals surface area contributed by atoms with Gasteiger partial charge < -0.3 is 35.3 Å². The highest BCUT2D eigenvalue weighted by molar-refractivity contribution is 6.35. The summed E-state index contributed by atoms with van der Waals surface area (Å²) >= 11 is 0. The second kappa shape index (κ2) is 13.2. The summed E-state index contributed by atoms with van der Waals surface area (Å²) in [5.41, 5.74) is 2.97. The van der Waals surface area contributed by atoms with E-state index in [1.165, 1.54) is 13.2 Å². The number of H-pyrrole nitrogens is 1. The zero-order chi connectivity index (χ0) is 34.0. The summed E-state index contributed by atoms with van der Waals surface area (Å²) in [7, 11) is 3.42. The summed E-state index contributed by atoms with van der Waals surface area (Å²) in [4.78, 5) is 31.1. The lowest BCUT2D eigenvalue weighted by Crippen LogP contribution is -2.35. The standard InChI is InChI=1S/C35H31F3N6O4/c1-44-7-5-27(6-8-44)48-29-11-21(10-22(12-29)35(36,37)38)33(45)42-26-13-25(14-28(15-26)47-2)41-23-3-4-30-31(34(46)43-32(30)17-23)16-24-9-20(18-39)19-40-24/h3-4,9-17,19,27,40-41H,5-8H2,1-2H3,(H,42,45)(H,43,46). The highest BCUT2D eigenvalue weighted by atomic mass is 19.4. The predicted molar refractivity (Wildman–Crippen MR) is 175 cm³/mol. The van der Waals surface area contributed by atoms with Gasteiger partial charge in [-0.3, -0.25) is 9.59 Å². The van der Waals surface area contributed by atoms with Gasteiger partial charge in [-0.05, 0) is 68.4 Å². The van der Waals surface area contributed by atoms with Crippen LogP contribution in [0.4, 0.5) is 35.9 Å². The number of nitrogens with zero attached hydrogens (tertiary/aromatic N) is 2. The normalized spacial score (nSPS) is 15.8. The van der Waals surface area contributed by atoms with Crippen molar-refractivity contribution in [3.05, 3.63) is 94.8 Å². The van der Waals surface area contributed by atoms with Gasteiger partial charge >= 0.3 is 6.18 Å². The molecule has 1 saturated heterocycles. The number of carbonyl (C=O) groups excluding carboxylic acids is 2. The summed E-state index contributed by atoms with van der Waals surface area (Å²) < 4.78 is 52.7. The number of rotatable bonds is 8. The maximum absolute atomic E-state index is 13.8. The first-order valence-electron chi connectivity index (χ1n) is 15.1. The van der Waals surface area contributed by atoms with Crippen LogP contribution < -0.4 is 25.4 Å². The number of halogens is 3. The fourth-order valence-corrected chi connectivity index (χ4v) is 5.62. The number of carbonyl (C=O) groups is 2. The Kier molecular flexibility index (Phi) is 8.84. The number of ether oxygens (including phenoxy) is 2. The molecule has 4 aromatic rings. The molecule has 2 aliphatic rings.